The van der Waals surface area contributed by atoms with Gasteiger partial charge in [-0.3, -0.25) is 4.90 Å². The van der Waals surface area contributed by atoms with Crippen molar-refractivity contribution < 1.29 is 18.8 Å². The van der Waals surface area contributed by atoms with Crippen LogP contribution in [-0.2, 0) is 9.31 Å². The molecule has 0 radical (unpaired) electrons. The number of benzene rings is 1. The second-order valence-corrected chi connectivity index (χ2v) is 8.35. The first-order chi connectivity index (χ1) is 12.2. The number of aliphatic hydroxyl groups excluding tert-OH is 1. The van der Waals surface area contributed by atoms with Gasteiger partial charge in [-0.2, -0.15) is 0 Å². The fraction of sp³-hybridized carbons (Fsp3) is 0.600. The molecule has 1 aromatic rings. The monoisotopic (exact) mass is 361 g/mol. The number of nitrogens with zero attached hydrogens (tertiary/aromatic N) is 1. The average molecular weight is 361 g/mol. The van der Waals surface area contributed by atoms with Gasteiger partial charge in [0.25, 0.3) is 0 Å². The van der Waals surface area contributed by atoms with E-state index in [4.69, 9.17) is 9.31 Å². The molecule has 0 bridgehead atoms. The molecule has 2 saturated heterocycles. The van der Waals surface area contributed by atoms with Crippen LogP contribution in [0.4, 0.5) is 4.39 Å². The van der Waals surface area contributed by atoms with Gasteiger partial charge in [-0.05, 0) is 52.1 Å². The summed E-state index contributed by atoms with van der Waals surface area (Å²) in [6.45, 7) is 10.0. The van der Waals surface area contributed by atoms with Crippen molar-refractivity contribution in [1.82, 2.24) is 4.90 Å². The Hall–Kier alpha value is -1.21. The molecular weight excluding hydrogens is 332 g/mol. The number of hydrogen-bond acceptors (Lipinski definition) is 4. The largest absolute Gasteiger partial charge is 0.525 e. The van der Waals surface area contributed by atoms with E-state index in [1.807, 2.05) is 58.0 Å². The minimum Gasteiger partial charge on any atom is -0.398 e. The SMILES string of the molecule is CC1(C)OB(C(F)=C(CN2CCC(CO)C2)c2ccccc2)OC1(C)C. The third kappa shape index (κ3) is 3.88. The average Bonchev–Trinajstić information content (AvgIpc) is 3.14. The van der Waals surface area contributed by atoms with Gasteiger partial charge in [0, 0.05) is 25.3 Å². The molecule has 2 aliphatic heterocycles. The molecule has 1 aromatic carbocycles. The van der Waals surface area contributed by atoms with Gasteiger partial charge in [0.1, 0.15) is 5.73 Å². The lowest BCUT2D eigenvalue weighted by Crippen LogP contribution is -2.41. The Morgan fingerprint density at radius 1 is 1.19 bits per heavy atom. The Kier molecular flexibility index (Phi) is 5.59. The molecule has 1 unspecified atom stereocenters. The predicted octanol–water partition coefficient (Wildman–Crippen LogP) is 3.31. The van der Waals surface area contributed by atoms with Crippen molar-refractivity contribution in [3.63, 3.8) is 0 Å². The van der Waals surface area contributed by atoms with E-state index in [2.05, 4.69) is 4.90 Å². The molecule has 0 aliphatic carbocycles. The highest BCUT2D eigenvalue weighted by Crippen LogP contribution is 2.40. The molecule has 1 N–H and O–H groups in total. The zero-order valence-electron chi connectivity index (χ0n) is 16.2. The molecule has 2 heterocycles. The molecule has 4 nitrogen and oxygen atoms in total. The maximum Gasteiger partial charge on any atom is 0.525 e. The lowest BCUT2D eigenvalue weighted by molar-refractivity contribution is 0.00578. The summed E-state index contributed by atoms with van der Waals surface area (Å²) >= 11 is 0. The van der Waals surface area contributed by atoms with Crippen molar-refractivity contribution in [2.24, 2.45) is 5.92 Å². The lowest BCUT2D eigenvalue weighted by Gasteiger charge is -2.32. The zero-order valence-corrected chi connectivity index (χ0v) is 16.2. The first kappa shape index (κ1) is 19.6. The molecular formula is C20H29BFNO3. The molecule has 0 spiro atoms. The van der Waals surface area contributed by atoms with Crippen LogP contribution in [0, 0.1) is 5.92 Å². The summed E-state index contributed by atoms with van der Waals surface area (Å²) in [5, 5.41) is 9.38. The van der Waals surface area contributed by atoms with Crippen molar-refractivity contribution in [2.45, 2.75) is 45.3 Å². The van der Waals surface area contributed by atoms with E-state index in [-0.39, 0.29) is 18.3 Å². The van der Waals surface area contributed by atoms with Crippen LogP contribution in [0.2, 0.25) is 0 Å². The molecule has 1 atom stereocenters. The van der Waals surface area contributed by atoms with Gasteiger partial charge < -0.3 is 14.4 Å². The number of aliphatic hydroxyl groups is 1. The Bertz CT molecular complexity index is 646. The first-order valence-corrected chi connectivity index (χ1v) is 9.36. The molecule has 142 valence electrons. The van der Waals surface area contributed by atoms with Crippen LogP contribution >= 0.6 is 0 Å². The third-order valence-corrected chi connectivity index (χ3v) is 5.88. The van der Waals surface area contributed by atoms with Gasteiger partial charge in [-0.15, -0.1) is 0 Å². The van der Waals surface area contributed by atoms with Crippen molar-refractivity contribution in [3.05, 3.63) is 41.6 Å². The summed E-state index contributed by atoms with van der Waals surface area (Å²) in [5.74, 6) is 0.270. The van der Waals surface area contributed by atoms with Crippen LogP contribution in [0.15, 0.2) is 36.1 Å². The Morgan fingerprint density at radius 3 is 2.35 bits per heavy atom. The summed E-state index contributed by atoms with van der Waals surface area (Å²) in [4.78, 5) is 2.19. The third-order valence-electron chi connectivity index (χ3n) is 5.88. The van der Waals surface area contributed by atoms with Crippen LogP contribution < -0.4 is 0 Å². The highest BCUT2D eigenvalue weighted by molar-refractivity contribution is 6.55. The minimum absolute atomic E-state index is 0.181. The highest BCUT2D eigenvalue weighted by atomic mass is 19.1. The quantitative estimate of drug-likeness (QED) is 0.817. The summed E-state index contributed by atoms with van der Waals surface area (Å²) in [6.07, 6.45) is 0.941. The lowest BCUT2D eigenvalue weighted by atomic mass is 9.82. The van der Waals surface area contributed by atoms with Gasteiger partial charge in [0.2, 0.25) is 0 Å². The topological polar surface area (TPSA) is 41.9 Å². The molecule has 2 fully saturated rings. The van der Waals surface area contributed by atoms with Crippen LogP contribution in [0.3, 0.4) is 0 Å². The van der Waals surface area contributed by atoms with Crippen molar-refractivity contribution in [1.29, 1.82) is 0 Å². The molecule has 26 heavy (non-hydrogen) atoms. The van der Waals surface area contributed by atoms with E-state index < -0.39 is 18.3 Å². The first-order valence-electron chi connectivity index (χ1n) is 9.36. The Labute approximate surface area is 156 Å². The second kappa shape index (κ2) is 7.43. The van der Waals surface area contributed by atoms with Crippen LogP contribution in [0.25, 0.3) is 5.57 Å². The van der Waals surface area contributed by atoms with Gasteiger partial charge >= 0.3 is 7.12 Å². The number of halogens is 1. The number of hydrogen-bond donors (Lipinski definition) is 1. The fourth-order valence-corrected chi connectivity index (χ4v) is 3.46. The van der Waals surface area contributed by atoms with Crippen LogP contribution in [0.5, 0.6) is 0 Å². The zero-order chi connectivity index (χ0) is 18.9. The van der Waals surface area contributed by atoms with Crippen LogP contribution in [0.1, 0.15) is 39.7 Å². The second-order valence-electron chi connectivity index (χ2n) is 8.35. The predicted molar refractivity (Wildman–Crippen MR) is 102 cm³/mol. The molecule has 0 aromatic heterocycles. The van der Waals surface area contributed by atoms with Crippen molar-refractivity contribution >= 4 is 12.7 Å². The fourth-order valence-electron chi connectivity index (χ4n) is 3.46. The molecule has 3 rings (SSSR count). The maximum atomic E-state index is 15.5. The van der Waals surface area contributed by atoms with E-state index in [0.717, 1.165) is 25.1 Å². The van der Waals surface area contributed by atoms with Gasteiger partial charge in [-0.1, -0.05) is 30.3 Å². The van der Waals surface area contributed by atoms with E-state index in [9.17, 15) is 5.11 Å². The number of likely N-dealkylation sites (tertiary alicyclic amines) is 1. The van der Waals surface area contributed by atoms with E-state index in [1.165, 1.54) is 0 Å². The van der Waals surface area contributed by atoms with E-state index in [1.54, 1.807) is 0 Å². The Balaban J connectivity index is 1.89. The van der Waals surface area contributed by atoms with Gasteiger partial charge in [0.15, 0.2) is 0 Å². The minimum atomic E-state index is -0.994. The molecule has 6 heteroatoms. The maximum absolute atomic E-state index is 15.5. The standard InChI is InChI=1S/C20H29BFNO3/c1-19(2)20(3,4)26-21(25-19)18(22)17(16-8-6-5-7-9-16)13-23-11-10-15(12-23)14-24/h5-9,15,24H,10-14H2,1-4H3. The highest BCUT2D eigenvalue weighted by Gasteiger charge is 2.53. The summed E-state index contributed by atoms with van der Waals surface area (Å²) in [5.41, 5.74) is -0.0732. The van der Waals surface area contributed by atoms with Crippen molar-refractivity contribution in [2.75, 3.05) is 26.2 Å². The Morgan fingerprint density at radius 2 is 1.81 bits per heavy atom. The molecule has 0 saturated carbocycles. The molecule has 2 aliphatic rings. The van der Waals surface area contributed by atoms with Crippen molar-refractivity contribution in [3.8, 4) is 0 Å². The molecule has 0 amide bonds. The summed E-state index contributed by atoms with van der Waals surface area (Å²) < 4.78 is 27.4. The van der Waals surface area contributed by atoms with Crippen LogP contribution in [-0.4, -0.2) is 54.6 Å². The van der Waals surface area contributed by atoms with E-state index >= 15 is 4.39 Å². The van der Waals surface area contributed by atoms with Gasteiger partial charge in [0.05, 0.1) is 11.2 Å². The smallest absolute Gasteiger partial charge is 0.398 e. The number of rotatable bonds is 5. The van der Waals surface area contributed by atoms with Gasteiger partial charge in [-0.25, -0.2) is 4.39 Å². The normalized spacial score (nSPS) is 26.2. The summed E-state index contributed by atoms with van der Waals surface area (Å²) in [6, 6.07) is 9.58. The van der Waals surface area contributed by atoms with E-state index in [0.29, 0.717) is 12.1 Å². The summed E-state index contributed by atoms with van der Waals surface area (Å²) in [7, 11) is -0.994.